The number of aryl methyl sites for hydroxylation is 1. The van der Waals surface area contributed by atoms with Crippen molar-refractivity contribution in [1.29, 1.82) is 0 Å². The molecule has 0 aliphatic carbocycles. The first-order chi connectivity index (χ1) is 9.72. The largest absolute Gasteiger partial charge is 0.313 e. The van der Waals surface area contributed by atoms with E-state index in [0.717, 1.165) is 24.4 Å². The Morgan fingerprint density at radius 3 is 2.25 bits per heavy atom. The fourth-order valence-corrected chi connectivity index (χ4v) is 4.36. The molecule has 110 valence electrons. The van der Waals surface area contributed by atoms with Crippen molar-refractivity contribution in [3.63, 3.8) is 0 Å². The Labute approximate surface area is 123 Å². The lowest BCUT2D eigenvalue weighted by molar-refractivity contribution is 0.114. The predicted octanol–water partition coefficient (Wildman–Crippen LogP) is 3.38. The molecule has 2 heteroatoms. The summed E-state index contributed by atoms with van der Waals surface area (Å²) in [5, 5.41) is 3.59. The molecule has 2 bridgehead atoms. The lowest BCUT2D eigenvalue weighted by atomic mass is 9.82. The molecule has 2 saturated heterocycles. The van der Waals surface area contributed by atoms with E-state index in [0.29, 0.717) is 6.04 Å². The molecular weight excluding hydrogens is 244 g/mol. The predicted molar refractivity (Wildman–Crippen MR) is 84.9 cm³/mol. The van der Waals surface area contributed by atoms with Crippen LogP contribution in [0.25, 0.3) is 0 Å². The highest BCUT2D eigenvalue weighted by atomic mass is 15.2. The molecule has 20 heavy (non-hydrogen) atoms. The van der Waals surface area contributed by atoms with Gasteiger partial charge in [-0.2, -0.15) is 0 Å². The Bertz CT molecular complexity index is 425. The summed E-state index contributed by atoms with van der Waals surface area (Å²) in [4.78, 5) is 2.63. The monoisotopic (exact) mass is 272 g/mol. The molecule has 0 saturated carbocycles. The van der Waals surface area contributed by atoms with Crippen molar-refractivity contribution in [2.45, 2.75) is 57.2 Å². The summed E-state index contributed by atoms with van der Waals surface area (Å²) in [5.74, 6) is 0.793. The highest BCUT2D eigenvalue weighted by Gasteiger charge is 2.40. The van der Waals surface area contributed by atoms with Crippen molar-refractivity contribution in [3.8, 4) is 0 Å². The van der Waals surface area contributed by atoms with Gasteiger partial charge in [-0.25, -0.2) is 0 Å². The van der Waals surface area contributed by atoms with Crippen LogP contribution in [0.1, 0.15) is 49.8 Å². The van der Waals surface area contributed by atoms with Crippen LogP contribution in [-0.4, -0.2) is 31.1 Å². The summed E-state index contributed by atoms with van der Waals surface area (Å²) in [6.07, 6.45) is 6.65. The Kier molecular flexibility index (Phi) is 4.13. The molecule has 2 nitrogen and oxygen atoms in total. The molecular formula is C18H28N2. The van der Waals surface area contributed by atoms with Gasteiger partial charge in [-0.1, -0.05) is 31.2 Å². The maximum absolute atomic E-state index is 3.59. The van der Waals surface area contributed by atoms with E-state index in [1.807, 2.05) is 0 Å². The van der Waals surface area contributed by atoms with Gasteiger partial charge in [0, 0.05) is 18.1 Å². The minimum absolute atomic E-state index is 0.526. The van der Waals surface area contributed by atoms with E-state index in [9.17, 15) is 0 Å². The van der Waals surface area contributed by atoms with E-state index < -0.39 is 0 Å². The highest BCUT2D eigenvalue weighted by molar-refractivity contribution is 5.26. The quantitative estimate of drug-likeness (QED) is 0.904. The fourth-order valence-electron chi connectivity index (χ4n) is 4.36. The SMILES string of the molecule is CCc1ccc(C(NC)C2CC3CCC(C2)N3C)cc1. The minimum atomic E-state index is 0.526. The number of benzene rings is 1. The van der Waals surface area contributed by atoms with Crippen molar-refractivity contribution < 1.29 is 0 Å². The Balaban J connectivity index is 1.76. The van der Waals surface area contributed by atoms with Crippen LogP contribution in [0.3, 0.4) is 0 Å². The second-order valence-corrected chi connectivity index (χ2v) is 6.64. The zero-order chi connectivity index (χ0) is 14.1. The van der Waals surface area contributed by atoms with E-state index in [4.69, 9.17) is 0 Å². The summed E-state index contributed by atoms with van der Waals surface area (Å²) >= 11 is 0. The van der Waals surface area contributed by atoms with Crippen LogP contribution in [-0.2, 0) is 6.42 Å². The molecule has 2 aliphatic heterocycles. The van der Waals surface area contributed by atoms with Crippen molar-refractivity contribution in [2.75, 3.05) is 14.1 Å². The van der Waals surface area contributed by atoms with Crippen molar-refractivity contribution in [3.05, 3.63) is 35.4 Å². The molecule has 3 unspecified atom stereocenters. The zero-order valence-electron chi connectivity index (χ0n) is 13.1. The van der Waals surface area contributed by atoms with Crippen LogP contribution in [0.5, 0.6) is 0 Å². The van der Waals surface area contributed by atoms with E-state index in [-0.39, 0.29) is 0 Å². The number of fused-ring (bicyclic) bond motifs is 2. The van der Waals surface area contributed by atoms with Gasteiger partial charge in [-0.3, -0.25) is 0 Å². The van der Waals surface area contributed by atoms with Crippen molar-refractivity contribution in [1.82, 2.24) is 10.2 Å². The van der Waals surface area contributed by atoms with Crippen LogP contribution >= 0.6 is 0 Å². The van der Waals surface area contributed by atoms with Crippen LogP contribution in [0, 0.1) is 5.92 Å². The molecule has 3 rings (SSSR count). The smallest absolute Gasteiger partial charge is 0.0347 e. The summed E-state index contributed by atoms with van der Waals surface area (Å²) in [7, 11) is 4.45. The Morgan fingerprint density at radius 1 is 1.15 bits per heavy atom. The fraction of sp³-hybridized carbons (Fsp3) is 0.667. The average molecular weight is 272 g/mol. The molecule has 1 aromatic rings. The highest BCUT2D eigenvalue weighted by Crippen LogP contribution is 2.42. The summed E-state index contributed by atoms with van der Waals surface area (Å²) in [6.45, 7) is 2.22. The van der Waals surface area contributed by atoms with Gasteiger partial charge >= 0.3 is 0 Å². The number of piperidine rings is 1. The van der Waals surface area contributed by atoms with Gasteiger partial charge in [0.2, 0.25) is 0 Å². The third kappa shape index (κ3) is 2.51. The van der Waals surface area contributed by atoms with Gasteiger partial charge in [0.1, 0.15) is 0 Å². The molecule has 2 fully saturated rings. The van der Waals surface area contributed by atoms with E-state index in [2.05, 4.69) is 55.5 Å². The van der Waals surface area contributed by atoms with Crippen LogP contribution in [0.2, 0.25) is 0 Å². The molecule has 0 spiro atoms. The molecule has 3 atom stereocenters. The third-order valence-corrected chi connectivity index (χ3v) is 5.66. The topological polar surface area (TPSA) is 15.3 Å². The van der Waals surface area contributed by atoms with Crippen molar-refractivity contribution >= 4 is 0 Å². The summed E-state index contributed by atoms with van der Waals surface area (Å²) < 4.78 is 0. The van der Waals surface area contributed by atoms with Gasteiger partial charge < -0.3 is 10.2 Å². The number of nitrogens with one attached hydrogen (secondary N) is 1. The van der Waals surface area contributed by atoms with Gasteiger partial charge in [-0.05, 0) is 63.2 Å². The average Bonchev–Trinajstić information content (AvgIpc) is 2.70. The number of rotatable bonds is 4. The van der Waals surface area contributed by atoms with Gasteiger partial charge in [0.25, 0.3) is 0 Å². The Hall–Kier alpha value is -0.860. The maximum Gasteiger partial charge on any atom is 0.0347 e. The first-order valence-corrected chi connectivity index (χ1v) is 8.21. The molecule has 1 N–H and O–H groups in total. The standard InChI is InChI=1S/C18H28N2/c1-4-13-5-7-14(8-6-13)18(19-2)15-11-16-9-10-17(12-15)20(16)3/h5-8,15-19H,4,9-12H2,1-3H3. The normalized spacial score (nSPS) is 31.4. The molecule has 0 radical (unpaired) electrons. The van der Waals surface area contributed by atoms with Crippen LogP contribution in [0.15, 0.2) is 24.3 Å². The first kappa shape index (κ1) is 14.1. The first-order valence-electron chi connectivity index (χ1n) is 8.21. The summed E-state index contributed by atoms with van der Waals surface area (Å²) in [5.41, 5.74) is 2.91. The summed E-state index contributed by atoms with van der Waals surface area (Å²) in [6, 6.07) is 11.4. The van der Waals surface area contributed by atoms with E-state index in [1.165, 1.54) is 36.8 Å². The second-order valence-electron chi connectivity index (χ2n) is 6.64. The number of hydrogen-bond donors (Lipinski definition) is 1. The molecule has 2 heterocycles. The van der Waals surface area contributed by atoms with Gasteiger partial charge in [0.15, 0.2) is 0 Å². The molecule has 0 amide bonds. The van der Waals surface area contributed by atoms with Gasteiger partial charge in [0.05, 0.1) is 0 Å². The third-order valence-electron chi connectivity index (χ3n) is 5.66. The van der Waals surface area contributed by atoms with E-state index >= 15 is 0 Å². The minimum Gasteiger partial charge on any atom is -0.313 e. The number of nitrogens with zero attached hydrogens (tertiary/aromatic N) is 1. The van der Waals surface area contributed by atoms with Crippen molar-refractivity contribution in [2.24, 2.45) is 5.92 Å². The Morgan fingerprint density at radius 2 is 1.75 bits per heavy atom. The molecule has 2 aliphatic rings. The van der Waals surface area contributed by atoms with Gasteiger partial charge in [-0.15, -0.1) is 0 Å². The van der Waals surface area contributed by atoms with Crippen LogP contribution in [0.4, 0.5) is 0 Å². The maximum atomic E-state index is 3.59. The second kappa shape index (κ2) is 5.87. The lowest BCUT2D eigenvalue weighted by Gasteiger charge is -2.40. The zero-order valence-corrected chi connectivity index (χ0v) is 13.1. The number of hydrogen-bond acceptors (Lipinski definition) is 2. The van der Waals surface area contributed by atoms with E-state index in [1.54, 1.807) is 0 Å². The molecule has 1 aromatic carbocycles. The lowest BCUT2D eigenvalue weighted by Crippen LogP contribution is -2.43. The van der Waals surface area contributed by atoms with Crippen LogP contribution < -0.4 is 5.32 Å². The molecule has 0 aromatic heterocycles.